The van der Waals surface area contributed by atoms with Gasteiger partial charge in [-0.05, 0) is 16.3 Å². The van der Waals surface area contributed by atoms with Crippen molar-refractivity contribution in [2.45, 2.75) is 5.75 Å². The Hall–Kier alpha value is -1.72. The highest BCUT2D eigenvalue weighted by atomic mass is 32.2. The number of nitrogens with one attached hydrogen (secondary N) is 2. The first-order valence-corrected chi connectivity index (χ1v) is 8.98. The van der Waals surface area contributed by atoms with Crippen LogP contribution in [0.2, 0.25) is 0 Å². The summed E-state index contributed by atoms with van der Waals surface area (Å²) in [6, 6.07) is 15.1. The molecule has 2 aromatic rings. The van der Waals surface area contributed by atoms with Crippen molar-refractivity contribution in [2.75, 3.05) is 39.6 Å². The SMILES string of the molecule is CN=C(NCCOC)NCCSCc1cccc2ccccc12. The third-order valence-electron chi connectivity index (χ3n) is 3.50. The van der Waals surface area contributed by atoms with Crippen molar-refractivity contribution >= 4 is 28.5 Å². The van der Waals surface area contributed by atoms with E-state index in [9.17, 15) is 0 Å². The van der Waals surface area contributed by atoms with Gasteiger partial charge < -0.3 is 15.4 Å². The molecule has 0 aromatic heterocycles. The van der Waals surface area contributed by atoms with E-state index in [2.05, 4.69) is 58.1 Å². The molecule has 23 heavy (non-hydrogen) atoms. The average molecular weight is 331 g/mol. The van der Waals surface area contributed by atoms with Gasteiger partial charge in [-0.2, -0.15) is 11.8 Å². The number of fused-ring (bicyclic) bond motifs is 1. The summed E-state index contributed by atoms with van der Waals surface area (Å²) in [5.41, 5.74) is 1.40. The third-order valence-corrected chi connectivity index (χ3v) is 4.51. The lowest BCUT2D eigenvalue weighted by Crippen LogP contribution is -2.39. The van der Waals surface area contributed by atoms with Crippen molar-refractivity contribution in [1.29, 1.82) is 0 Å². The van der Waals surface area contributed by atoms with E-state index in [1.807, 2.05) is 11.8 Å². The normalized spacial score (nSPS) is 11.7. The topological polar surface area (TPSA) is 45.7 Å². The molecule has 124 valence electrons. The summed E-state index contributed by atoms with van der Waals surface area (Å²) in [5.74, 6) is 2.89. The first kappa shape index (κ1) is 17.6. The number of guanidine groups is 1. The van der Waals surface area contributed by atoms with Crippen LogP contribution in [0.15, 0.2) is 47.5 Å². The van der Waals surface area contributed by atoms with Crippen molar-refractivity contribution in [1.82, 2.24) is 10.6 Å². The van der Waals surface area contributed by atoms with Crippen molar-refractivity contribution in [3.05, 3.63) is 48.0 Å². The summed E-state index contributed by atoms with van der Waals surface area (Å²) < 4.78 is 5.01. The third kappa shape index (κ3) is 5.77. The fourth-order valence-corrected chi connectivity index (χ4v) is 3.20. The van der Waals surface area contributed by atoms with Gasteiger partial charge in [-0.15, -0.1) is 0 Å². The van der Waals surface area contributed by atoms with Gasteiger partial charge >= 0.3 is 0 Å². The Bertz CT molecular complexity index is 625. The maximum atomic E-state index is 5.01. The number of ether oxygens (including phenoxy) is 1. The second-order valence-electron chi connectivity index (χ2n) is 5.11. The van der Waals surface area contributed by atoms with Gasteiger partial charge in [0.1, 0.15) is 0 Å². The first-order chi connectivity index (χ1) is 11.3. The van der Waals surface area contributed by atoms with E-state index in [1.165, 1.54) is 16.3 Å². The number of methoxy groups -OCH3 is 1. The monoisotopic (exact) mass is 331 g/mol. The number of nitrogens with zero attached hydrogens (tertiary/aromatic N) is 1. The van der Waals surface area contributed by atoms with Crippen LogP contribution in [-0.2, 0) is 10.5 Å². The second-order valence-corrected chi connectivity index (χ2v) is 6.21. The molecule has 0 atom stereocenters. The predicted octanol–water partition coefficient (Wildman–Crippen LogP) is 2.88. The molecule has 2 rings (SSSR count). The Balaban J connectivity index is 1.72. The van der Waals surface area contributed by atoms with E-state index in [4.69, 9.17) is 4.74 Å². The summed E-state index contributed by atoms with van der Waals surface area (Å²) in [7, 11) is 3.48. The molecule has 0 aliphatic heterocycles. The van der Waals surface area contributed by atoms with Gasteiger partial charge in [0.25, 0.3) is 0 Å². The zero-order valence-corrected chi connectivity index (χ0v) is 14.7. The highest BCUT2D eigenvalue weighted by molar-refractivity contribution is 7.98. The van der Waals surface area contributed by atoms with Crippen LogP contribution in [0.5, 0.6) is 0 Å². The molecule has 0 saturated heterocycles. The first-order valence-electron chi connectivity index (χ1n) is 7.83. The van der Waals surface area contributed by atoms with Crippen LogP contribution in [0, 0.1) is 0 Å². The fourth-order valence-electron chi connectivity index (χ4n) is 2.33. The summed E-state index contributed by atoms with van der Waals surface area (Å²) in [4.78, 5) is 4.19. The average Bonchev–Trinajstić information content (AvgIpc) is 2.60. The Morgan fingerprint density at radius 3 is 2.70 bits per heavy atom. The molecule has 0 spiro atoms. The molecule has 0 aliphatic rings. The number of hydrogen-bond donors (Lipinski definition) is 2. The van der Waals surface area contributed by atoms with Crippen LogP contribution in [-0.4, -0.2) is 45.6 Å². The van der Waals surface area contributed by atoms with Gasteiger partial charge in [0.2, 0.25) is 0 Å². The van der Waals surface area contributed by atoms with Crippen LogP contribution in [0.3, 0.4) is 0 Å². The Morgan fingerprint density at radius 2 is 1.87 bits per heavy atom. The molecule has 0 saturated carbocycles. The standard InChI is InChI=1S/C18H25N3OS/c1-19-18(20-10-12-22-2)21-11-13-23-14-16-8-5-7-15-6-3-4-9-17(15)16/h3-9H,10-14H2,1-2H3,(H2,19,20,21). The zero-order chi connectivity index (χ0) is 16.3. The number of hydrogen-bond acceptors (Lipinski definition) is 3. The highest BCUT2D eigenvalue weighted by Gasteiger charge is 2.01. The summed E-state index contributed by atoms with van der Waals surface area (Å²) in [6.07, 6.45) is 0. The van der Waals surface area contributed by atoms with Crippen molar-refractivity contribution < 1.29 is 4.74 Å². The molecule has 5 heteroatoms. The maximum absolute atomic E-state index is 5.01. The molecular formula is C18H25N3OS. The molecule has 0 radical (unpaired) electrons. The van der Waals surface area contributed by atoms with Gasteiger partial charge in [0, 0.05) is 38.8 Å². The molecule has 0 aliphatic carbocycles. The lowest BCUT2D eigenvalue weighted by atomic mass is 10.1. The Morgan fingerprint density at radius 1 is 1.09 bits per heavy atom. The van der Waals surface area contributed by atoms with E-state index in [0.717, 1.165) is 30.6 Å². The zero-order valence-electron chi connectivity index (χ0n) is 13.8. The number of benzene rings is 2. The minimum Gasteiger partial charge on any atom is -0.383 e. The number of thioether (sulfide) groups is 1. The molecular weight excluding hydrogens is 306 g/mol. The van der Waals surface area contributed by atoms with Crippen molar-refractivity contribution in [3.8, 4) is 0 Å². The van der Waals surface area contributed by atoms with E-state index in [0.29, 0.717) is 6.61 Å². The van der Waals surface area contributed by atoms with Gasteiger partial charge in [0.05, 0.1) is 6.61 Å². The predicted molar refractivity (Wildman–Crippen MR) is 101 cm³/mol. The molecule has 0 heterocycles. The molecule has 2 N–H and O–H groups in total. The van der Waals surface area contributed by atoms with Gasteiger partial charge in [-0.25, -0.2) is 0 Å². The van der Waals surface area contributed by atoms with Crippen molar-refractivity contribution in [2.24, 2.45) is 4.99 Å². The van der Waals surface area contributed by atoms with E-state index in [-0.39, 0.29) is 0 Å². The van der Waals surface area contributed by atoms with Gasteiger partial charge in [-0.3, -0.25) is 4.99 Å². The highest BCUT2D eigenvalue weighted by Crippen LogP contribution is 2.22. The van der Waals surface area contributed by atoms with Crippen LogP contribution in [0.1, 0.15) is 5.56 Å². The largest absolute Gasteiger partial charge is 0.383 e. The summed E-state index contributed by atoms with van der Waals surface area (Å²) in [6.45, 7) is 2.33. The minimum absolute atomic E-state index is 0.677. The van der Waals surface area contributed by atoms with E-state index >= 15 is 0 Å². The fraction of sp³-hybridized carbons (Fsp3) is 0.389. The van der Waals surface area contributed by atoms with Crippen molar-refractivity contribution in [3.63, 3.8) is 0 Å². The van der Waals surface area contributed by atoms with E-state index in [1.54, 1.807) is 14.2 Å². The molecule has 0 bridgehead atoms. The molecule has 0 unspecified atom stereocenters. The Kier molecular flexibility index (Phi) is 7.77. The van der Waals surface area contributed by atoms with Crippen LogP contribution >= 0.6 is 11.8 Å². The summed E-state index contributed by atoms with van der Waals surface area (Å²) >= 11 is 1.93. The molecule has 2 aromatic carbocycles. The van der Waals surface area contributed by atoms with Crippen LogP contribution in [0.25, 0.3) is 10.8 Å². The summed E-state index contributed by atoms with van der Waals surface area (Å²) in [5, 5.41) is 9.19. The maximum Gasteiger partial charge on any atom is 0.191 e. The Labute approximate surface area is 142 Å². The number of aliphatic imine (C=N–C) groups is 1. The van der Waals surface area contributed by atoms with Crippen LogP contribution in [0.4, 0.5) is 0 Å². The lowest BCUT2D eigenvalue weighted by molar-refractivity contribution is 0.203. The van der Waals surface area contributed by atoms with Gasteiger partial charge in [0.15, 0.2) is 5.96 Å². The molecule has 4 nitrogen and oxygen atoms in total. The molecule has 0 fully saturated rings. The van der Waals surface area contributed by atoms with Crippen LogP contribution < -0.4 is 10.6 Å². The van der Waals surface area contributed by atoms with Gasteiger partial charge in [-0.1, -0.05) is 42.5 Å². The lowest BCUT2D eigenvalue weighted by Gasteiger charge is -2.11. The van der Waals surface area contributed by atoms with E-state index < -0.39 is 0 Å². The quantitative estimate of drug-likeness (QED) is 0.443. The smallest absolute Gasteiger partial charge is 0.191 e. The molecule has 0 amide bonds. The number of rotatable bonds is 8. The second kappa shape index (κ2) is 10.1. The minimum atomic E-state index is 0.677.